The third-order valence-electron chi connectivity index (χ3n) is 9.28. The lowest BCUT2D eigenvalue weighted by molar-refractivity contribution is 0.0210. The number of carbonyl (C=O) groups is 1. The van der Waals surface area contributed by atoms with Gasteiger partial charge in [0.1, 0.15) is 30.7 Å². The quantitative estimate of drug-likeness (QED) is 0.0678. The van der Waals surface area contributed by atoms with Gasteiger partial charge < -0.3 is 29.3 Å². The van der Waals surface area contributed by atoms with E-state index in [-0.39, 0.29) is 12.1 Å². The number of nitrogens with zero attached hydrogens (tertiary/aromatic N) is 6. The molecule has 4 aromatic rings. The second kappa shape index (κ2) is 17.6. The zero-order chi connectivity index (χ0) is 39.1. The molecule has 5 rings (SSSR count). The van der Waals surface area contributed by atoms with Crippen LogP contribution in [-0.4, -0.2) is 98.1 Å². The molecule has 0 radical (unpaired) electrons. The van der Waals surface area contributed by atoms with Crippen LogP contribution >= 0.6 is 0 Å². The number of fused-ring (bicyclic) bond motifs is 1. The van der Waals surface area contributed by atoms with Crippen LogP contribution in [0.3, 0.4) is 0 Å². The first-order valence-corrected chi connectivity index (χ1v) is 26.6. The fourth-order valence-corrected chi connectivity index (χ4v) is 7.63. The van der Waals surface area contributed by atoms with Gasteiger partial charge in [-0.15, -0.1) is 0 Å². The maximum absolute atomic E-state index is 12.8. The lowest BCUT2D eigenvalue weighted by Crippen LogP contribution is -2.44. The molecule has 1 aliphatic heterocycles. The van der Waals surface area contributed by atoms with Crippen LogP contribution in [0.4, 0.5) is 16.4 Å². The zero-order valence-corrected chi connectivity index (χ0v) is 35.9. The van der Waals surface area contributed by atoms with Gasteiger partial charge in [0.2, 0.25) is 0 Å². The van der Waals surface area contributed by atoms with Crippen LogP contribution < -0.4 is 10.2 Å². The second-order valence-electron chi connectivity index (χ2n) is 17.6. The van der Waals surface area contributed by atoms with Gasteiger partial charge in [-0.2, -0.15) is 9.61 Å². The van der Waals surface area contributed by atoms with Gasteiger partial charge in [-0.1, -0.05) is 88.3 Å². The van der Waals surface area contributed by atoms with Crippen LogP contribution in [0.2, 0.25) is 51.4 Å². The molecule has 4 heterocycles. The Morgan fingerprint density at radius 2 is 1.56 bits per heavy atom. The largest absolute Gasteiger partial charge is 0.444 e. The Bertz CT molecular complexity index is 1820. The topological polar surface area (TPSA) is 106 Å². The normalized spacial score (nSPS) is 14.4. The average Bonchev–Trinajstić information content (AvgIpc) is 3.53. The maximum Gasteiger partial charge on any atom is 0.410 e. The van der Waals surface area contributed by atoms with E-state index in [9.17, 15) is 4.79 Å². The minimum Gasteiger partial charge on any atom is -0.444 e. The zero-order valence-electron chi connectivity index (χ0n) is 33.9. The molecule has 0 atom stereocenters. The van der Waals surface area contributed by atoms with Crippen molar-refractivity contribution in [1.29, 1.82) is 0 Å². The average molecular weight is 772 g/mol. The molecule has 54 heavy (non-hydrogen) atoms. The summed E-state index contributed by atoms with van der Waals surface area (Å²) in [5.41, 5.74) is 4.69. The molecule has 1 amide bonds. The summed E-state index contributed by atoms with van der Waals surface area (Å²) in [6.45, 7) is 27.3. The minimum atomic E-state index is -1.30. The highest BCUT2D eigenvalue weighted by atomic mass is 28.3. The molecule has 0 bridgehead atoms. The minimum absolute atomic E-state index is 0.0813. The van der Waals surface area contributed by atoms with E-state index in [1.807, 2.05) is 68.0 Å². The first kappa shape index (κ1) is 41.1. The summed E-state index contributed by atoms with van der Waals surface area (Å²) in [6.07, 6.45) is 6.81. The van der Waals surface area contributed by atoms with Crippen molar-refractivity contribution >= 4 is 45.6 Å². The summed E-state index contributed by atoms with van der Waals surface area (Å²) in [4.78, 5) is 26.8. The molecular weight excluding hydrogens is 711 g/mol. The highest BCUT2D eigenvalue weighted by Crippen LogP contribution is 2.35. The standard InChI is InChI=1S/C41H61N7O4Si2/c1-11-34-37(44-33-19-21-46(22-20-33)40(49)52-41(2,3)4)45-38-35(32-17-18-36(42-27-32)31-15-13-12-14-16-31)28-43-48(38)39(34)47(29-50-23-25-53(5,6)7)30-51-24-26-54(8,9)10/h11-18,27-28,33H,1,19-26,29-30H2,2-10H3,(H,44,45). The molecule has 11 nitrogen and oxygen atoms in total. The van der Waals surface area contributed by atoms with Crippen molar-refractivity contribution in [3.63, 3.8) is 0 Å². The van der Waals surface area contributed by atoms with Gasteiger partial charge in [0.05, 0.1) is 17.5 Å². The van der Waals surface area contributed by atoms with E-state index in [4.69, 9.17) is 29.3 Å². The number of benzene rings is 1. The molecular formula is C41H61N7O4Si2. The summed E-state index contributed by atoms with van der Waals surface area (Å²) < 4.78 is 20.3. The number of nitrogens with one attached hydrogen (secondary N) is 1. The summed E-state index contributed by atoms with van der Waals surface area (Å²) in [7, 11) is -2.61. The van der Waals surface area contributed by atoms with E-state index < -0.39 is 21.7 Å². The Hall–Kier alpha value is -4.05. The van der Waals surface area contributed by atoms with Crippen molar-refractivity contribution in [2.24, 2.45) is 0 Å². The van der Waals surface area contributed by atoms with Crippen molar-refractivity contribution in [2.75, 3.05) is 50.0 Å². The van der Waals surface area contributed by atoms with E-state index in [0.29, 0.717) is 51.2 Å². The second-order valence-corrected chi connectivity index (χ2v) is 28.9. The number of anilines is 2. The Kier molecular flexibility index (Phi) is 13.4. The number of likely N-dealkylation sites (tertiary alicyclic amines) is 1. The number of hydrogen-bond donors (Lipinski definition) is 1. The summed E-state index contributed by atoms with van der Waals surface area (Å²) in [5.74, 6) is 1.50. The highest BCUT2D eigenvalue weighted by Gasteiger charge is 2.29. The number of pyridine rings is 1. The monoisotopic (exact) mass is 771 g/mol. The van der Waals surface area contributed by atoms with E-state index in [0.717, 1.165) is 58.7 Å². The number of carbonyl (C=O) groups excluding carboxylic acids is 1. The van der Waals surface area contributed by atoms with Gasteiger partial charge in [-0.05, 0) is 51.8 Å². The molecule has 0 unspecified atom stereocenters. The first-order chi connectivity index (χ1) is 25.5. The summed E-state index contributed by atoms with van der Waals surface area (Å²) >= 11 is 0. The van der Waals surface area contributed by atoms with Gasteiger partial charge in [0, 0.05) is 71.4 Å². The van der Waals surface area contributed by atoms with Crippen molar-refractivity contribution in [3.8, 4) is 22.4 Å². The molecule has 1 aromatic carbocycles. The summed E-state index contributed by atoms with van der Waals surface area (Å²) in [5, 5.41) is 8.69. The van der Waals surface area contributed by atoms with Crippen LogP contribution in [0.1, 0.15) is 39.2 Å². The van der Waals surface area contributed by atoms with Crippen LogP contribution in [0.25, 0.3) is 34.1 Å². The molecule has 1 fully saturated rings. The van der Waals surface area contributed by atoms with Crippen LogP contribution in [0.5, 0.6) is 0 Å². The number of piperidine rings is 1. The molecule has 1 N–H and O–H groups in total. The highest BCUT2D eigenvalue weighted by molar-refractivity contribution is 6.76. The van der Waals surface area contributed by atoms with Gasteiger partial charge in [-0.3, -0.25) is 4.98 Å². The van der Waals surface area contributed by atoms with Gasteiger partial charge in [0.25, 0.3) is 0 Å². The molecule has 0 aliphatic carbocycles. The molecule has 292 valence electrons. The Morgan fingerprint density at radius 3 is 2.09 bits per heavy atom. The van der Waals surface area contributed by atoms with Gasteiger partial charge in [0.15, 0.2) is 5.65 Å². The third kappa shape index (κ3) is 11.5. The van der Waals surface area contributed by atoms with Crippen molar-refractivity contribution in [3.05, 3.63) is 67.0 Å². The van der Waals surface area contributed by atoms with E-state index >= 15 is 0 Å². The van der Waals surface area contributed by atoms with Crippen LogP contribution in [0.15, 0.2) is 61.4 Å². The predicted molar refractivity (Wildman–Crippen MR) is 227 cm³/mol. The molecule has 3 aromatic heterocycles. The lowest BCUT2D eigenvalue weighted by atomic mass is 10.0. The van der Waals surface area contributed by atoms with Crippen molar-refractivity contribution in [1.82, 2.24) is 24.5 Å². The Morgan fingerprint density at radius 1 is 0.926 bits per heavy atom. The molecule has 0 spiro atoms. The Balaban J connectivity index is 1.52. The number of rotatable bonds is 16. The maximum atomic E-state index is 12.8. The van der Waals surface area contributed by atoms with E-state index in [2.05, 4.69) is 74.3 Å². The number of amides is 1. The van der Waals surface area contributed by atoms with Crippen molar-refractivity contribution < 1.29 is 19.0 Å². The van der Waals surface area contributed by atoms with E-state index in [1.54, 1.807) is 4.90 Å². The van der Waals surface area contributed by atoms with Crippen LogP contribution in [-0.2, 0) is 14.2 Å². The van der Waals surface area contributed by atoms with E-state index in [1.165, 1.54) is 0 Å². The van der Waals surface area contributed by atoms with Crippen LogP contribution in [0, 0.1) is 0 Å². The number of aromatic nitrogens is 4. The van der Waals surface area contributed by atoms with Gasteiger partial charge in [-0.25, -0.2) is 9.78 Å². The molecule has 1 saturated heterocycles. The molecule has 13 heteroatoms. The van der Waals surface area contributed by atoms with Gasteiger partial charge >= 0.3 is 6.09 Å². The molecule has 1 aliphatic rings. The fourth-order valence-electron chi connectivity index (χ4n) is 6.12. The Labute approximate surface area is 324 Å². The predicted octanol–water partition coefficient (Wildman–Crippen LogP) is 9.34. The SMILES string of the molecule is C=Cc1c(NC2CCN(C(=O)OC(C)(C)C)CC2)nc2c(-c3ccc(-c4ccccc4)nc3)cnn2c1N(COCC[Si](C)(C)C)COCC[Si](C)(C)C. The number of hydrogen-bond acceptors (Lipinski definition) is 9. The number of ether oxygens (including phenoxy) is 3. The summed E-state index contributed by atoms with van der Waals surface area (Å²) in [6, 6.07) is 16.5. The smallest absolute Gasteiger partial charge is 0.410 e. The lowest BCUT2D eigenvalue weighted by Gasteiger charge is -2.34. The first-order valence-electron chi connectivity index (χ1n) is 19.2. The third-order valence-corrected chi connectivity index (χ3v) is 12.7. The molecule has 0 saturated carbocycles. The van der Waals surface area contributed by atoms with Crippen molar-refractivity contribution in [2.45, 2.75) is 96.6 Å². The fraction of sp³-hybridized carbons (Fsp3) is 0.512.